The average Bonchev–Trinajstić information content (AvgIpc) is 3.45. The topological polar surface area (TPSA) is 73.0 Å². The van der Waals surface area contributed by atoms with Gasteiger partial charge in [-0.2, -0.15) is 0 Å². The largest absolute Gasteiger partial charge is 0.436 e. The van der Waals surface area contributed by atoms with Crippen LogP contribution in [0.3, 0.4) is 0 Å². The molecule has 0 spiro atoms. The first-order valence-electron chi connectivity index (χ1n) is 10.3. The van der Waals surface area contributed by atoms with E-state index < -0.39 is 0 Å². The van der Waals surface area contributed by atoms with Gasteiger partial charge in [0, 0.05) is 24.7 Å². The number of carbonyl (C=O) groups excluding carboxylic acids is 1. The molecule has 1 aliphatic rings. The molecular formula is C24H21FN4O2. The predicted molar refractivity (Wildman–Crippen MR) is 114 cm³/mol. The van der Waals surface area contributed by atoms with E-state index in [-0.39, 0.29) is 17.6 Å². The normalized spacial score (nSPS) is 13.1. The molecule has 2 aromatic heterocycles. The molecule has 3 heterocycles. The van der Waals surface area contributed by atoms with E-state index in [9.17, 15) is 9.18 Å². The van der Waals surface area contributed by atoms with E-state index in [0.717, 1.165) is 37.3 Å². The summed E-state index contributed by atoms with van der Waals surface area (Å²) in [6.45, 7) is 1.33. The van der Waals surface area contributed by atoms with Crippen LogP contribution >= 0.6 is 0 Å². The van der Waals surface area contributed by atoms with Gasteiger partial charge in [0.1, 0.15) is 11.6 Å². The Kier molecular flexibility index (Phi) is 5.08. The first-order chi connectivity index (χ1) is 15.2. The SMILES string of the molecule is O=C(NCc1cn2c(n1)CCCC2)c1ccccc1-c1ncc(-c2ccccc2F)o1. The van der Waals surface area contributed by atoms with Gasteiger partial charge in [0.25, 0.3) is 5.91 Å². The molecule has 1 amide bonds. The number of nitrogens with zero attached hydrogens (tertiary/aromatic N) is 3. The molecule has 156 valence electrons. The molecular weight excluding hydrogens is 395 g/mol. The van der Waals surface area contributed by atoms with Crippen molar-refractivity contribution in [2.45, 2.75) is 32.4 Å². The van der Waals surface area contributed by atoms with Crippen LogP contribution in [0.1, 0.15) is 34.7 Å². The number of carbonyl (C=O) groups is 1. The third kappa shape index (κ3) is 3.86. The third-order valence-corrected chi connectivity index (χ3v) is 5.44. The summed E-state index contributed by atoms with van der Waals surface area (Å²) in [5, 5.41) is 2.94. The van der Waals surface area contributed by atoms with Crippen LogP contribution in [0.25, 0.3) is 22.8 Å². The molecule has 2 aromatic carbocycles. The number of rotatable bonds is 5. The Morgan fingerprint density at radius 1 is 1.10 bits per heavy atom. The van der Waals surface area contributed by atoms with Gasteiger partial charge >= 0.3 is 0 Å². The molecule has 1 N–H and O–H groups in total. The molecule has 31 heavy (non-hydrogen) atoms. The van der Waals surface area contributed by atoms with Crippen LogP contribution in [0.5, 0.6) is 0 Å². The average molecular weight is 416 g/mol. The second kappa shape index (κ2) is 8.18. The van der Waals surface area contributed by atoms with Crippen molar-refractivity contribution in [1.82, 2.24) is 19.9 Å². The van der Waals surface area contributed by atoms with E-state index >= 15 is 0 Å². The number of nitrogens with one attached hydrogen (secondary N) is 1. The van der Waals surface area contributed by atoms with Crippen molar-refractivity contribution in [1.29, 1.82) is 0 Å². The monoisotopic (exact) mass is 416 g/mol. The van der Waals surface area contributed by atoms with Gasteiger partial charge in [-0.3, -0.25) is 4.79 Å². The minimum atomic E-state index is -0.390. The molecule has 0 fully saturated rings. The van der Waals surface area contributed by atoms with Gasteiger partial charge < -0.3 is 14.3 Å². The maximum Gasteiger partial charge on any atom is 0.252 e. The smallest absolute Gasteiger partial charge is 0.252 e. The van der Waals surface area contributed by atoms with Crippen molar-refractivity contribution in [2.75, 3.05) is 0 Å². The number of aromatic nitrogens is 3. The predicted octanol–water partition coefficient (Wildman–Crippen LogP) is 4.61. The van der Waals surface area contributed by atoms with Crippen molar-refractivity contribution >= 4 is 5.91 Å². The first-order valence-corrected chi connectivity index (χ1v) is 10.3. The first kappa shape index (κ1) is 19.2. The fourth-order valence-electron chi connectivity index (χ4n) is 3.87. The highest BCUT2D eigenvalue weighted by Crippen LogP contribution is 2.29. The van der Waals surface area contributed by atoms with Crippen LogP contribution in [-0.4, -0.2) is 20.4 Å². The Bertz CT molecular complexity index is 1220. The summed E-state index contributed by atoms with van der Waals surface area (Å²) in [4.78, 5) is 21.8. The Labute approximate surface area is 178 Å². The van der Waals surface area contributed by atoms with Gasteiger partial charge in [0.2, 0.25) is 5.89 Å². The van der Waals surface area contributed by atoms with Crippen molar-refractivity contribution in [2.24, 2.45) is 0 Å². The number of aryl methyl sites for hydroxylation is 2. The molecule has 0 saturated carbocycles. The second-order valence-corrected chi connectivity index (χ2v) is 7.54. The number of amides is 1. The molecule has 5 rings (SSSR count). The Morgan fingerprint density at radius 2 is 1.90 bits per heavy atom. The minimum Gasteiger partial charge on any atom is -0.436 e. The standard InChI is InChI=1S/C24H21FN4O2/c25-20-10-4-3-9-19(20)21-14-27-24(31-21)18-8-2-1-7-17(18)23(30)26-13-16-15-29-12-6-5-11-22(29)28-16/h1-4,7-10,14-15H,5-6,11-13H2,(H,26,30). The number of fused-ring (bicyclic) bond motifs is 1. The van der Waals surface area contributed by atoms with Gasteiger partial charge in [-0.25, -0.2) is 14.4 Å². The zero-order chi connectivity index (χ0) is 21.2. The summed E-state index contributed by atoms with van der Waals surface area (Å²) in [6, 6.07) is 13.4. The number of imidazole rings is 1. The molecule has 0 bridgehead atoms. The molecule has 0 saturated heterocycles. The summed E-state index contributed by atoms with van der Waals surface area (Å²) in [5.74, 6) is 1.02. The number of hydrogen-bond acceptors (Lipinski definition) is 4. The van der Waals surface area contributed by atoms with Crippen LogP contribution in [0.2, 0.25) is 0 Å². The molecule has 0 unspecified atom stereocenters. The molecule has 6 nitrogen and oxygen atoms in total. The molecule has 0 aliphatic carbocycles. The molecule has 1 aliphatic heterocycles. The van der Waals surface area contributed by atoms with Gasteiger partial charge in [0.05, 0.1) is 29.6 Å². The summed E-state index contributed by atoms with van der Waals surface area (Å²) in [6.07, 6.45) is 6.77. The highest BCUT2D eigenvalue weighted by Gasteiger charge is 2.19. The molecule has 7 heteroatoms. The zero-order valence-electron chi connectivity index (χ0n) is 16.8. The van der Waals surface area contributed by atoms with Crippen LogP contribution in [0.4, 0.5) is 4.39 Å². The van der Waals surface area contributed by atoms with E-state index in [1.165, 1.54) is 12.3 Å². The van der Waals surface area contributed by atoms with Crippen LogP contribution in [0, 0.1) is 5.82 Å². The number of benzene rings is 2. The fraction of sp³-hybridized carbons (Fsp3) is 0.208. The van der Waals surface area contributed by atoms with E-state index in [4.69, 9.17) is 4.42 Å². The Morgan fingerprint density at radius 3 is 2.74 bits per heavy atom. The molecule has 0 radical (unpaired) electrons. The van der Waals surface area contributed by atoms with Gasteiger partial charge in [0.15, 0.2) is 5.76 Å². The lowest BCUT2D eigenvalue weighted by Gasteiger charge is -2.11. The van der Waals surface area contributed by atoms with E-state index in [1.807, 2.05) is 12.3 Å². The van der Waals surface area contributed by atoms with Crippen molar-refractivity contribution in [3.8, 4) is 22.8 Å². The maximum absolute atomic E-state index is 14.1. The Hall–Kier alpha value is -3.74. The lowest BCUT2D eigenvalue weighted by Crippen LogP contribution is -2.23. The molecule has 0 atom stereocenters. The quantitative estimate of drug-likeness (QED) is 0.516. The number of oxazole rings is 1. The van der Waals surface area contributed by atoms with Gasteiger partial charge in [-0.1, -0.05) is 24.3 Å². The number of halogens is 1. The highest BCUT2D eigenvalue weighted by molar-refractivity contribution is 6.00. The van der Waals surface area contributed by atoms with Gasteiger partial charge in [-0.05, 0) is 37.1 Å². The maximum atomic E-state index is 14.1. The van der Waals surface area contributed by atoms with Crippen LogP contribution in [0.15, 0.2) is 65.3 Å². The summed E-state index contributed by atoms with van der Waals surface area (Å²) >= 11 is 0. The van der Waals surface area contributed by atoms with Crippen molar-refractivity contribution in [3.05, 3.63) is 83.8 Å². The number of hydrogen-bond donors (Lipinski definition) is 1. The lowest BCUT2D eigenvalue weighted by molar-refractivity contribution is 0.0951. The zero-order valence-corrected chi connectivity index (χ0v) is 16.8. The summed E-state index contributed by atoms with van der Waals surface area (Å²) in [7, 11) is 0. The summed E-state index contributed by atoms with van der Waals surface area (Å²) in [5.41, 5.74) is 2.16. The third-order valence-electron chi connectivity index (χ3n) is 5.44. The second-order valence-electron chi connectivity index (χ2n) is 7.54. The highest BCUT2D eigenvalue weighted by atomic mass is 19.1. The van der Waals surface area contributed by atoms with Crippen molar-refractivity contribution < 1.29 is 13.6 Å². The molecule has 4 aromatic rings. The minimum absolute atomic E-state index is 0.243. The van der Waals surface area contributed by atoms with Gasteiger partial charge in [-0.15, -0.1) is 0 Å². The fourth-order valence-corrected chi connectivity index (χ4v) is 3.87. The van der Waals surface area contributed by atoms with Crippen LogP contribution in [-0.2, 0) is 19.5 Å². The van der Waals surface area contributed by atoms with Crippen LogP contribution < -0.4 is 5.32 Å². The van der Waals surface area contributed by atoms with E-state index in [1.54, 1.807) is 36.4 Å². The van der Waals surface area contributed by atoms with Crippen molar-refractivity contribution in [3.63, 3.8) is 0 Å². The summed E-state index contributed by atoms with van der Waals surface area (Å²) < 4.78 is 22.0. The Balaban J connectivity index is 1.36. The van der Waals surface area contributed by atoms with E-state index in [2.05, 4.69) is 19.9 Å². The lowest BCUT2D eigenvalue weighted by atomic mass is 10.1. The van der Waals surface area contributed by atoms with E-state index in [0.29, 0.717) is 29.0 Å².